The van der Waals surface area contributed by atoms with Crippen LogP contribution in [0.1, 0.15) is 33.6 Å². The van der Waals surface area contributed by atoms with Crippen molar-refractivity contribution in [2.75, 3.05) is 13.2 Å². The van der Waals surface area contributed by atoms with E-state index in [1.54, 1.807) is 0 Å². The molecule has 0 aromatic rings. The van der Waals surface area contributed by atoms with Crippen molar-refractivity contribution in [1.29, 1.82) is 0 Å². The van der Waals surface area contributed by atoms with Crippen molar-refractivity contribution in [2.24, 2.45) is 11.8 Å². The van der Waals surface area contributed by atoms with E-state index in [0.717, 1.165) is 12.8 Å². The number of aliphatic hydroxyl groups is 1. The van der Waals surface area contributed by atoms with Gasteiger partial charge in [0, 0.05) is 13.2 Å². The molecule has 0 radical (unpaired) electrons. The first-order valence-electron chi connectivity index (χ1n) is 5.51. The number of hydrogen-bond donors (Lipinski definition) is 2. The zero-order chi connectivity index (χ0) is 11.8. The minimum absolute atomic E-state index is 0.0571. The monoisotopic (exact) mass is 279 g/mol. The smallest absolute Gasteiger partial charge is 0.234 e. The Bertz CT molecular complexity index is 185. The second kappa shape index (κ2) is 8.11. The highest BCUT2D eigenvalue weighted by Gasteiger charge is 2.17. The van der Waals surface area contributed by atoms with Gasteiger partial charge in [-0.2, -0.15) is 0 Å². The highest BCUT2D eigenvalue weighted by atomic mass is 79.9. The molecule has 4 heteroatoms. The lowest BCUT2D eigenvalue weighted by Gasteiger charge is -2.14. The summed E-state index contributed by atoms with van der Waals surface area (Å²) >= 11 is 3.35. The van der Waals surface area contributed by atoms with Crippen LogP contribution in [0.3, 0.4) is 0 Å². The van der Waals surface area contributed by atoms with Gasteiger partial charge >= 0.3 is 0 Å². The summed E-state index contributed by atoms with van der Waals surface area (Å²) in [6, 6.07) is 0. The molecule has 0 rings (SSSR count). The van der Waals surface area contributed by atoms with Gasteiger partial charge in [-0.25, -0.2) is 0 Å². The van der Waals surface area contributed by atoms with E-state index in [1.165, 1.54) is 0 Å². The molecule has 1 amide bonds. The van der Waals surface area contributed by atoms with Gasteiger partial charge < -0.3 is 10.4 Å². The molecule has 0 saturated carbocycles. The van der Waals surface area contributed by atoms with Gasteiger partial charge in [-0.1, -0.05) is 36.7 Å². The third kappa shape index (κ3) is 6.90. The number of nitrogens with one attached hydrogen (secondary N) is 1. The Morgan fingerprint density at radius 3 is 2.47 bits per heavy atom. The molecule has 2 N–H and O–H groups in total. The molecule has 2 unspecified atom stereocenters. The first-order valence-corrected chi connectivity index (χ1v) is 6.43. The van der Waals surface area contributed by atoms with Crippen LogP contribution in [0.15, 0.2) is 0 Å². The molecule has 3 nitrogen and oxygen atoms in total. The average Bonchev–Trinajstić information content (AvgIpc) is 2.22. The van der Waals surface area contributed by atoms with E-state index in [1.807, 2.05) is 20.8 Å². The van der Waals surface area contributed by atoms with Crippen molar-refractivity contribution >= 4 is 21.8 Å². The number of halogens is 1. The summed E-state index contributed by atoms with van der Waals surface area (Å²) in [5, 5.41) is 11.7. The molecule has 0 aliphatic carbocycles. The van der Waals surface area contributed by atoms with Crippen molar-refractivity contribution in [1.82, 2.24) is 5.32 Å². The molecule has 0 heterocycles. The van der Waals surface area contributed by atoms with Gasteiger partial charge in [0.15, 0.2) is 0 Å². The van der Waals surface area contributed by atoms with Gasteiger partial charge in [-0.3, -0.25) is 4.79 Å². The minimum Gasteiger partial charge on any atom is -0.396 e. The number of rotatable bonds is 7. The molecule has 0 spiro atoms. The number of aliphatic hydroxyl groups excluding tert-OH is 1. The standard InChI is InChI=1S/C11H22BrNO2/c1-8(2)10(12)11(15)13-6-4-5-9(3)7-14/h8-10,14H,4-7H2,1-3H3,(H,13,15). The van der Waals surface area contributed by atoms with Crippen molar-refractivity contribution in [3.05, 3.63) is 0 Å². The van der Waals surface area contributed by atoms with E-state index < -0.39 is 0 Å². The first-order chi connectivity index (χ1) is 6.99. The Kier molecular flexibility index (Phi) is 8.06. The molecule has 2 atom stereocenters. The highest BCUT2D eigenvalue weighted by molar-refractivity contribution is 9.10. The van der Waals surface area contributed by atoms with Crippen LogP contribution >= 0.6 is 15.9 Å². The summed E-state index contributed by atoms with van der Waals surface area (Å²) in [7, 11) is 0. The van der Waals surface area contributed by atoms with E-state index >= 15 is 0 Å². The molecule has 0 aromatic heterocycles. The van der Waals surface area contributed by atoms with Gasteiger partial charge in [0.25, 0.3) is 0 Å². The molecule has 0 aliphatic rings. The fourth-order valence-corrected chi connectivity index (χ4v) is 1.32. The number of carbonyl (C=O) groups is 1. The van der Waals surface area contributed by atoms with Crippen molar-refractivity contribution in [2.45, 2.75) is 38.4 Å². The zero-order valence-electron chi connectivity index (χ0n) is 9.79. The fraction of sp³-hybridized carbons (Fsp3) is 0.909. The lowest BCUT2D eigenvalue weighted by atomic mass is 10.1. The third-order valence-corrected chi connectivity index (χ3v) is 3.79. The van der Waals surface area contributed by atoms with Crippen LogP contribution in [0, 0.1) is 11.8 Å². The number of hydrogen-bond acceptors (Lipinski definition) is 2. The number of alkyl halides is 1. The molecule has 0 aromatic carbocycles. The third-order valence-electron chi connectivity index (χ3n) is 2.32. The molecule has 0 aliphatic heterocycles. The predicted molar refractivity (Wildman–Crippen MR) is 66.0 cm³/mol. The molecule has 0 saturated heterocycles. The van der Waals surface area contributed by atoms with Crippen LogP contribution in [0.5, 0.6) is 0 Å². The maximum absolute atomic E-state index is 11.5. The quantitative estimate of drug-likeness (QED) is 0.553. The molecule has 0 bridgehead atoms. The summed E-state index contributed by atoms with van der Waals surface area (Å²) in [6.07, 6.45) is 1.87. The van der Waals surface area contributed by atoms with Crippen LogP contribution in [0.2, 0.25) is 0 Å². The van der Waals surface area contributed by atoms with Crippen molar-refractivity contribution < 1.29 is 9.90 Å². The van der Waals surface area contributed by atoms with E-state index in [-0.39, 0.29) is 17.3 Å². The van der Waals surface area contributed by atoms with E-state index in [0.29, 0.717) is 18.4 Å². The van der Waals surface area contributed by atoms with Gasteiger partial charge in [0.05, 0.1) is 4.83 Å². The number of amides is 1. The largest absolute Gasteiger partial charge is 0.396 e. The Morgan fingerprint density at radius 2 is 2.00 bits per heavy atom. The van der Waals surface area contributed by atoms with E-state index in [2.05, 4.69) is 21.2 Å². The molecule has 90 valence electrons. The summed E-state index contributed by atoms with van der Waals surface area (Å²) in [6.45, 7) is 6.93. The molecular weight excluding hydrogens is 258 g/mol. The minimum atomic E-state index is -0.104. The van der Waals surface area contributed by atoms with Crippen molar-refractivity contribution in [3.8, 4) is 0 Å². The summed E-state index contributed by atoms with van der Waals surface area (Å²) in [5.74, 6) is 0.690. The Balaban J connectivity index is 3.55. The molecular formula is C11H22BrNO2. The van der Waals surface area contributed by atoms with Crippen LogP contribution in [0.25, 0.3) is 0 Å². The Labute approximate surface area is 101 Å². The second-order valence-corrected chi connectivity index (χ2v) is 5.35. The van der Waals surface area contributed by atoms with Gasteiger partial charge in [0.1, 0.15) is 0 Å². The van der Waals surface area contributed by atoms with Crippen LogP contribution in [-0.2, 0) is 4.79 Å². The zero-order valence-corrected chi connectivity index (χ0v) is 11.4. The summed E-state index contributed by atoms with van der Waals surface area (Å²) in [5.41, 5.74) is 0. The van der Waals surface area contributed by atoms with E-state index in [4.69, 9.17) is 5.11 Å². The highest BCUT2D eigenvalue weighted by Crippen LogP contribution is 2.11. The SMILES string of the molecule is CC(CO)CCCNC(=O)C(Br)C(C)C. The summed E-state index contributed by atoms with van der Waals surface area (Å²) in [4.78, 5) is 11.4. The van der Waals surface area contributed by atoms with Crippen LogP contribution in [0.4, 0.5) is 0 Å². The molecule has 0 fully saturated rings. The fourth-order valence-electron chi connectivity index (χ4n) is 1.15. The van der Waals surface area contributed by atoms with Gasteiger partial charge in [0.2, 0.25) is 5.91 Å². The summed E-state index contributed by atoms with van der Waals surface area (Å²) < 4.78 is 0. The van der Waals surface area contributed by atoms with Gasteiger partial charge in [-0.15, -0.1) is 0 Å². The van der Waals surface area contributed by atoms with Crippen LogP contribution < -0.4 is 5.32 Å². The first kappa shape index (κ1) is 14.9. The lowest BCUT2D eigenvalue weighted by molar-refractivity contribution is -0.121. The normalized spacial score (nSPS) is 15.1. The maximum Gasteiger partial charge on any atom is 0.234 e. The second-order valence-electron chi connectivity index (χ2n) is 4.37. The Hall–Kier alpha value is -0.0900. The van der Waals surface area contributed by atoms with Gasteiger partial charge in [-0.05, 0) is 24.7 Å². The van der Waals surface area contributed by atoms with Crippen LogP contribution in [-0.4, -0.2) is 29.0 Å². The molecule has 15 heavy (non-hydrogen) atoms. The van der Waals surface area contributed by atoms with Crippen molar-refractivity contribution in [3.63, 3.8) is 0 Å². The number of carbonyl (C=O) groups excluding carboxylic acids is 1. The lowest BCUT2D eigenvalue weighted by Crippen LogP contribution is -2.34. The maximum atomic E-state index is 11.5. The van der Waals surface area contributed by atoms with E-state index in [9.17, 15) is 4.79 Å². The predicted octanol–water partition coefficient (Wildman–Crippen LogP) is 1.93. The average molecular weight is 280 g/mol. The topological polar surface area (TPSA) is 49.3 Å². The Morgan fingerprint density at radius 1 is 1.40 bits per heavy atom.